The van der Waals surface area contributed by atoms with Crippen LogP contribution in [0, 0.1) is 5.92 Å². The molecular weight excluding hydrogens is 430 g/mol. The van der Waals surface area contributed by atoms with Crippen LogP contribution >= 0.6 is 0 Å². The third-order valence-electron chi connectivity index (χ3n) is 5.58. The summed E-state index contributed by atoms with van der Waals surface area (Å²) in [6.45, 7) is 1.24. The molecule has 1 atom stereocenters. The predicted molar refractivity (Wildman–Crippen MR) is 120 cm³/mol. The van der Waals surface area contributed by atoms with E-state index in [1.165, 1.54) is 16.8 Å². The van der Waals surface area contributed by atoms with Crippen LogP contribution in [0.3, 0.4) is 0 Å². The molecule has 2 aromatic rings. The highest BCUT2D eigenvalue weighted by atomic mass is 32.2. The van der Waals surface area contributed by atoms with Crippen molar-refractivity contribution < 1.29 is 18.0 Å². The Labute approximate surface area is 189 Å². The number of aromatic nitrogens is 2. The zero-order chi connectivity index (χ0) is 23.0. The van der Waals surface area contributed by atoms with E-state index in [-0.39, 0.29) is 42.3 Å². The molecule has 3 rings (SSSR count). The molecule has 0 aliphatic carbocycles. The summed E-state index contributed by atoms with van der Waals surface area (Å²) in [5, 5.41) is 5.75. The molecule has 9 nitrogen and oxygen atoms in total. The molecule has 1 aromatic carbocycles. The van der Waals surface area contributed by atoms with Crippen molar-refractivity contribution in [2.45, 2.75) is 37.1 Å². The van der Waals surface area contributed by atoms with Crippen molar-refractivity contribution in [3.63, 3.8) is 0 Å². The summed E-state index contributed by atoms with van der Waals surface area (Å²) in [5.74, 6) is -0.575. The molecule has 2 amide bonds. The van der Waals surface area contributed by atoms with Crippen molar-refractivity contribution in [2.24, 2.45) is 13.0 Å². The van der Waals surface area contributed by atoms with Crippen LogP contribution in [-0.2, 0) is 33.1 Å². The summed E-state index contributed by atoms with van der Waals surface area (Å²) in [7, 11) is -2.10. The lowest BCUT2D eigenvalue weighted by molar-refractivity contribution is -0.126. The van der Waals surface area contributed by atoms with E-state index in [9.17, 15) is 18.0 Å². The molecule has 0 bridgehead atoms. The van der Waals surface area contributed by atoms with E-state index in [2.05, 4.69) is 15.6 Å². The number of nitrogens with one attached hydrogen (secondary N) is 2. The Bertz CT molecular complexity index is 1010. The van der Waals surface area contributed by atoms with E-state index in [1.807, 2.05) is 30.3 Å². The van der Waals surface area contributed by atoms with E-state index in [0.717, 1.165) is 12.0 Å². The summed E-state index contributed by atoms with van der Waals surface area (Å²) in [4.78, 5) is 28.9. The lowest BCUT2D eigenvalue weighted by atomic mass is 9.98. The highest BCUT2D eigenvalue weighted by Crippen LogP contribution is 2.18. The molecule has 2 N–H and O–H groups in total. The monoisotopic (exact) mass is 461 g/mol. The number of carbonyl (C=O) groups is 2. The summed E-state index contributed by atoms with van der Waals surface area (Å²) in [6.07, 6.45) is 5.28. The second-order valence-corrected chi connectivity index (χ2v) is 9.92. The Hall–Kier alpha value is -2.72. The summed E-state index contributed by atoms with van der Waals surface area (Å²) in [6, 6.07) is 9.93. The van der Waals surface area contributed by atoms with Gasteiger partial charge in [0.1, 0.15) is 0 Å². The first-order chi connectivity index (χ1) is 15.4. The van der Waals surface area contributed by atoms with Gasteiger partial charge in [-0.15, -0.1) is 0 Å². The standard InChI is InChI=1S/C22H31N5O4S/c1-26-16-21(25-17-26)32(30,31)27-14-5-8-19(10-13-23-20(28)11-15-27)22(29)24-12-9-18-6-3-2-4-7-18/h2-4,6-7,16-17,19H,5,8-15H2,1H3,(H,23,28)(H,24,29). The van der Waals surface area contributed by atoms with Gasteiger partial charge in [-0.1, -0.05) is 30.3 Å². The van der Waals surface area contributed by atoms with Gasteiger partial charge in [-0.05, 0) is 31.2 Å². The van der Waals surface area contributed by atoms with Crippen LogP contribution < -0.4 is 10.6 Å². The maximum atomic E-state index is 13.0. The average molecular weight is 462 g/mol. The molecule has 1 aliphatic heterocycles. The first kappa shape index (κ1) is 23.9. The third kappa shape index (κ3) is 6.64. The predicted octanol–water partition coefficient (Wildman–Crippen LogP) is 1.08. The maximum Gasteiger partial charge on any atom is 0.262 e. The number of benzene rings is 1. The van der Waals surface area contributed by atoms with Gasteiger partial charge >= 0.3 is 0 Å². The Morgan fingerprint density at radius 2 is 2.00 bits per heavy atom. The van der Waals surface area contributed by atoms with Crippen molar-refractivity contribution in [2.75, 3.05) is 26.2 Å². The summed E-state index contributed by atoms with van der Waals surface area (Å²) in [5.41, 5.74) is 1.15. The van der Waals surface area contributed by atoms with Gasteiger partial charge in [-0.3, -0.25) is 9.59 Å². The number of nitrogens with zero attached hydrogens (tertiary/aromatic N) is 3. The van der Waals surface area contributed by atoms with Crippen LogP contribution in [0.2, 0.25) is 0 Å². The van der Waals surface area contributed by atoms with Gasteiger partial charge in [0.05, 0.1) is 6.33 Å². The first-order valence-electron chi connectivity index (χ1n) is 10.9. The van der Waals surface area contributed by atoms with Crippen LogP contribution in [0.15, 0.2) is 47.9 Å². The number of sulfonamides is 1. The number of amides is 2. The number of hydrogen-bond acceptors (Lipinski definition) is 5. The van der Waals surface area contributed by atoms with E-state index < -0.39 is 10.0 Å². The minimum absolute atomic E-state index is 0.0366. The zero-order valence-corrected chi connectivity index (χ0v) is 19.2. The quantitative estimate of drug-likeness (QED) is 0.668. The molecule has 1 unspecified atom stereocenters. The molecule has 0 spiro atoms. The van der Waals surface area contributed by atoms with Crippen LogP contribution in [0.1, 0.15) is 31.2 Å². The normalized spacial score (nSPS) is 19.0. The van der Waals surface area contributed by atoms with E-state index in [1.54, 1.807) is 11.6 Å². The van der Waals surface area contributed by atoms with Gasteiger partial charge < -0.3 is 15.2 Å². The highest BCUT2D eigenvalue weighted by molar-refractivity contribution is 7.89. The van der Waals surface area contributed by atoms with Crippen LogP contribution in [0.5, 0.6) is 0 Å². The van der Waals surface area contributed by atoms with Crippen LogP contribution in [0.4, 0.5) is 0 Å². The van der Waals surface area contributed by atoms with Crippen molar-refractivity contribution in [3.8, 4) is 0 Å². The molecule has 2 heterocycles. The Kier molecular flexibility index (Phi) is 8.40. The Morgan fingerprint density at radius 1 is 1.22 bits per heavy atom. The lowest BCUT2D eigenvalue weighted by Crippen LogP contribution is -2.36. The van der Waals surface area contributed by atoms with Crippen LogP contribution in [0.25, 0.3) is 0 Å². The van der Waals surface area contributed by atoms with Crippen LogP contribution in [-0.4, -0.2) is 60.3 Å². The van der Waals surface area contributed by atoms with E-state index in [4.69, 9.17) is 0 Å². The molecule has 10 heteroatoms. The summed E-state index contributed by atoms with van der Waals surface area (Å²) < 4.78 is 28.8. The highest BCUT2D eigenvalue weighted by Gasteiger charge is 2.28. The second-order valence-electron chi connectivity index (χ2n) is 8.04. The number of aryl methyl sites for hydroxylation is 1. The van der Waals surface area contributed by atoms with Crippen molar-refractivity contribution in [1.82, 2.24) is 24.5 Å². The minimum atomic E-state index is -3.81. The molecule has 1 fully saturated rings. The first-order valence-corrected chi connectivity index (χ1v) is 12.4. The fraction of sp³-hybridized carbons (Fsp3) is 0.500. The van der Waals surface area contributed by atoms with Gasteiger partial charge in [-0.2, -0.15) is 4.31 Å². The smallest absolute Gasteiger partial charge is 0.262 e. The number of carbonyl (C=O) groups excluding carboxylic acids is 2. The molecule has 1 aromatic heterocycles. The van der Waals surface area contributed by atoms with Gasteiger partial charge in [0.2, 0.25) is 11.8 Å². The minimum Gasteiger partial charge on any atom is -0.356 e. The molecule has 1 saturated heterocycles. The number of rotatable bonds is 6. The average Bonchev–Trinajstić information content (AvgIpc) is 3.20. The fourth-order valence-corrected chi connectivity index (χ4v) is 5.19. The van der Waals surface area contributed by atoms with Crippen molar-refractivity contribution in [3.05, 3.63) is 48.4 Å². The van der Waals surface area contributed by atoms with Gasteiger partial charge in [0.25, 0.3) is 10.0 Å². The molecule has 32 heavy (non-hydrogen) atoms. The maximum absolute atomic E-state index is 13.0. The zero-order valence-electron chi connectivity index (χ0n) is 18.4. The van der Waals surface area contributed by atoms with E-state index in [0.29, 0.717) is 32.4 Å². The van der Waals surface area contributed by atoms with Gasteiger partial charge in [0.15, 0.2) is 5.03 Å². The second kappa shape index (κ2) is 11.2. The topological polar surface area (TPSA) is 113 Å². The van der Waals surface area contributed by atoms with Gasteiger partial charge in [0, 0.05) is 51.8 Å². The number of hydrogen-bond donors (Lipinski definition) is 2. The third-order valence-corrected chi connectivity index (χ3v) is 7.36. The molecule has 0 saturated carbocycles. The van der Waals surface area contributed by atoms with Crippen molar-refractivity contribution >= 4 is 21.8 Å². The SMILES string of the molecule is Cn1cnc(S(=O)(=O)N2CCCC(C(=O)NCCc3ccccc3)CCNC(=O)CC2)c1. The Morgan fingerprint density at radius 3 is 2.72 bits per heavy atom. The molecular formula is C22H31N5O4S. The van der Waals surface area contributed by atoms with Gasteiger partial charge in [-0.25, -0.2) is 13.4 Å². The number of imidazole rings is 1. The molecule has 0 radical (unpaired) electrons. The fourth-order valence-electron chi connectivity index (χ4n) is 3.75. The van der Waals surface area contributed by atoms with E-state index >= 15 is 0 Å². The summed E-state index contributed by atoms with van der Waals surface area (Å²) >= 11 is 0. The molecule has 174 valence electrons. The molecule has 1 aliphatic rings. The largest absolute Gasteiger partial charge is 0.356 e. The Balaban J connectivity index is 1.61. The lowest BCUT2D eigenvalue weighted by Gasteiger charge is -2.21. The van der Waals surface area contributed by atoms with Crippen molar-refractivity contribution in [1.29, 1.82) is 0 Å².